The van der Waals surface area contributed by atoms with Crippen LogP contribution < -0.4 is 9.47 Å². The molecule has 6 heterocycles. The van der Waals surface area contributed by atoms with Gasteiger partial charge in [0.05, 0.1) is 11.0 Å². The van der Waals surface area contributed by atoms with Crippen LogP contribution >= 0.6 is 31.9 Å². The Kier molecular flexibility index (Phi) is 10.9. The van der Waals surface area contributed by atoms with Gasteiger partial charge >= 0.3 is 0 Å². The van der Waals surface area contributed by atoms with Crippen LogP contribution in [0.1, 0.15) is 11.1 Å². The number of aromatic amines is 2. The molecule has 0 spiro atoms. The number of imidazole rings is 2. The van der Waals surface area contributed by atoms with Crippen molar-refractivity contribution in [2.45, 2.75) is 13.1 Å². The zero-order valence-corrected chi connectivity index (χ0v) is 32.1. The minimum absolute atomic E-state index is 0.464. The molecule has 54 heavy (non-hydrogen) atoms. The summed E-state index contributed by atoms with van der Waals surface area (Å²) in [6, 6.07) is 27.9. The van der Waals surface area contributed by atoms with Crippen molar-refractivity contribution in [3.05, 3.63) is 142 Å². The van der Waals surface area contributed by atoms with Crippen LogP contribution in [0.5, 0.6) is 11.5 Å². The molecule has 14 heteroatoms. The Morgan fingerprint density at radius 1 is 0.556 bits per heavy atom. The van der Waals surface area contributed by atoms with Gasteiger partial charge in [-0.3, -0.25) is 9.97 Å². The van der Waals surface area contributed by atoms with Crippen molar-refractivity contribution in [2.24, 2.45) is 0 Å². The van der Waals surface area contributed by atoms with Crippen molar-refractivity contribution < 1.29 is 9.47 Å². The Morgan fingerprint density at radius 3 is 1.57 bits per heavy atom. The molecule has 0 aliphatic carbocycles. The van der Waals surface area contributed by atoms with E-state index < -0.39 is 0 Å². The molecule has 270 valence electrons. The molecule has 0 amide bonds. The van der Waals surface area contributed by atoms with Crippen molar-refractivity contribution in [1.82, 2.24) is 49.9 Å². The van der Waals surface area contributed by atoms with E-state index in [-0.39, 0.29) is 0 Å². The largest absolute Gasteiger partial charge is 0.492 e. The molecule has 0 bridgehead atoms. The summed E-state index contributed by atoms with van der Waals surface area (Å²) >= 11 is 6.94. The van der Waals surface area contributed by atoms with Crippen LogP contribution in [-0.2, 0) is 13.1 Å². The zero-order chi connectivity index (χ0) is 36.7. The van der Waals surface area contributed by atoms with E-state index in [0.29, 0.717) is 50.7 Å². The molecule has 0 unspecified atom stereocenters. The lowest BCUT2D eigenvalue weighted by atomic mass is 10.2. The molecule has 2 N–H and O–H groups in total. The monoisotopic (exact) mass is 844 g/mol. The second-order valence-corrected chi connectivity index (χ2v) is 14.3. The summed E-state index contributed by atoms with van der Waals surface area (Å²) in [5.74, 6) is 3.06. The van der Waals surface area contributed by atoms with Gasteiger partial charge in [0.1, 0.15) is 36.4 Å². The van der Waals surface area contributed by atoms with Gasteiger partial charge < -0.3 is 19.4 Å². The molecular weight excluding hydrogens is 812 g/mol. The number of halogens is 2. The molecule has 0 aliphatic rings. The van der Waals surface area contributed by atoms with Crippen molar-refractivity contribution in [3.8, 4) is 34.3 Å². The summed E-state index contributed by atoms with van der Waals surface area (Å²) in [4.78, 5) is 33.3. The van der Waals surface area contributed by atoms with Crippen LogP contribution in [0.4, 0.5) is 0 Å². The summed E-state index contributed by atoms with van der Waals surface area (Å²) in [5, 5.41) is 4.60. The third-order valence-electron chi connectivity index (χ3n) is 8.70. The molecule has 8 aromatic rings. The summed E-state index contributed by atoms with van der Waals surface area (Å²) in [6.07, 6.45) is 10.8. The van der Waals surface area contributed by atoms with E-state index in [0.717, 1.165) is 65.4 Å². The lowest BCUT2D eigenvalue weighted by Gasteiger charge is -2.35. The molecular formula is C40H34Br2N10O2. The van der Waals surface area contributed by atoms with Gasteiger partial charge in [0.15, 0.2) is 11.3 Å². The fourth-order valence-electron chi connectivity index (χ4n) is 6.02. The van der Waals surface area contributed by atoms with E-state index in [9.17, 15) is 0 Å². The summed E-state index contributed by atoms with van der Waals surface area (Å²) < 4.78 is 14.4. The fraction of sp³-hybridized carbons (Fsp3) is 0.150. The van der Waals surface area contributed by atoms with Gasteiger partial charge in [-0.1, -0.05) is 6.07 Å². The lowest BCUT2D eigenvalue weighted by molar-refractivity contribution is -0.0553. The van der Waals surface area contributed by atoms with Gasteiger partial charge in [-0.2, -0.15) is 0 Å². The predicted molar refractivity (Wildman–Crippen MR) is 214 cm³/mol. The van der Waals surface area contributed by atoms with Crippen LogP contribution in [0, 0.1) is 0 Å². The fourth-order valence-corrected chi connectivity index (χ4v) is 6.68. The van der Waals surface area contributed by atoms with Gasteiger partial charge in [0.25, 0.3) is 0 Å². The van der Waals surface area contributed by atoms with Crippen LogP contribution in [0.15, 0.2) is 131 Å². The van der Waals surface area contributed by atoms with E-state index in [1.807, 2.05) is 97.5 Å². The minimum atomic E-state index is 0.464. The smallest absolute Gasteiger partial charge is 0.178 e. The number of hydrazine groups is 1. The molecule has 8 rings (SSSR count). The second-order valence-electron chi connectivity index (χ2n) is 12.5. The molecule has 2 aromatic carbocycles. The maximum Gasteiger partial charge on any atom is 0.178 e. The summed E-state index contributed by atoms with van der Waals surface area (Å²) in [7, 11) is 0. The molecule has 0 aliphatic heterocycles. The minimum Gasteiger partial charge on any atom is -0.492 e. The molecule has 0 atom stereocenters. The SMILES string of the molecule is Brc1cnc2nc(-c3ccc(OCCN(Cc4ccncc4)N(CCOc4ccc(-c5nc6ncc(Br)cc6[nH]5)cc4)Cc4cccnc4)cc3)[nH]c2c1. The number of fused-ring (bicyclic) bond motifs is 2. The number of nitrogens with one attached hydrogen (secondary N) is 2. The van der Waals surface area contributed by atoms with E-state index >= 15 is 0 Å². The average Bonchev–Trinajstić information content (AvgIpc) is 3.82. The normalized spacial score (nSPS) is 11.6. The Bertz CT molecular complexity index is 2270. The highest BCUT2D eigenvalue weighted by molar-refractivity contribution is 9.10. The number of H-pyrrole nitrogens is 2. The van der Waals surface area contributed by atoms with Crippen LogP contribution in [0.2, 0.25) is 0 Å². The third-order valence-corrected chi connectivity index (χ3v) is 9.57. The van der Waals surface area contributed by atoms with Gasteiger partial charge in [-0.05, 0) is 122 Å². The lowest BCUT2D eigenvalue weighted by Crippen LogP contribution is -2.45. The number of ether oxygens (including phenoxy) is 2. The van der Waals surface area contributed by atoms with Crippen molar-refractivity contribution in [1.29, 1.82) is 0 Å². The molecule has 6 aromatic heterocycles. The van der Waals surface area contributed by atoms with Crippen LogP contribution in [-0.4, -0.2) is 76.2 Å². The maximum absolute atomic E-state index is 6.30. The molecule has 0 fully saturated rings. The Morgan fingerprint density at radius 2 is 1.07 bits per heavy atom. The number of benzene rings is 2. The Labute approximate surface area is 327 Å². The number of hydrogen-bond donors (Lipinski definition) is 2. The number of rotatable bonds is 15. The number of nitrogens with zero attached hydrogens (tertiary/aromatic N) is 8. The zero-order valence-electron chi connectivity index (χ0n) is 28.9. The van der Waals surface area contributed by atoms with E-state index in [1.54, 1.807) is 18.6 Å². The first kappa shape index (κ1) is 35.5. The maximum atomic E-state index is 6.30. The van der Waals surface area contributed by atoms with Gasteiger partial charge in [0, 0.05) is 83.4 Å². The highest BCUT2D eigenvalue weighted by Gasteiger charge is 2.18. The second kappa shape index (κ2) is 16.6. The summed E-state index contributed by atoms with van der Waals surface area (Å²) in [6.45, 7) is 3.50. The Hall–Kier alpha value is -5.54. The van der Waals surface area contributed by atoms with E-state index in [2.05, 4.69) is 87.8 Å². The predicted octanol–water partition coefficient (Wildman–Crippen LogP) is 8.26. The first-order valence-corrected chi connectivity index (χ1v) is 18.9. The first-order chi connectivity index (χ1) is 26.5. The van der Waals surface area contributed by atoms with Crippen molar-refractivity contribution in [2.75, 3.05) is 26.3 Å². The standard InChI is InChI=1S/C40H34Br2N10O2/c41-31-20-35-39(45-23-31)49-37(47-35)29-3-7-33(8-4-29)53-18-16-51(25-27-11-14-43-15-12-27)52(26-28-2-1-13-44-22-28)17-19-54-34-9-5-30(6-10-34)38-48-36-21-32(42)24-46-40(36)50-38/h1-15,20-24H,16-19,25-26H2,(H,45,47,49)(H,46,48,50). The first-order valence-electron chi connectivity index (χ1n) is 17.3. The quantitative estimate of drug-likeness (QED) is 0.0973. The molecule has 12 nitrogen and oxygen atoms in total. The number of hydrogen-bond acceptors (Lipinski definition) is 10. The average molecular weight is 847 g/mol. The topological polar surface area (TPSA) is 134 Å². The number of aromatic nitrogens is 8. The van der Waals surface area contributed by atoms with Crippen molar-refractivity contribution >= 4 is 54.2 Å². The highest BCUT2D eigenvalue weighted by atomic mass is 79.9. The van der Waals surface area contributed by atoms with Gasteiger partial charge in [-0.15, -0.1) is 0 Å². The molecule has 0 saturated carbocycles. The van der Waals surface area contributed by atoms with Crippen LogP contribution in [0.3, 0.4) is 0 Å². The molecule has 0 saturated heterocycles. The Balaban J connectivity index is 0.942. The van der Waals surface area contributed by atoms with Gasteiger partial charge in [-0.25, -0.2) is 30.0 Å². The number of pyridine rings is 4. The third kappa shape index (κ3) is 8.80. The van der Waals surface area contributed by atoms with Gasteiger partial charge in [0.2, 0.25) is 0 Å². The highest BCUT2D eigenvalue weighted by Crippen LogP contribution is 2.25. The van der Waals surface area contributed by atoms with E-state index in [4.69, 9.17) is 9.47 Å². The molecule has 0 radical (unpaired) electrons. The summed E-state index contributed by atoms with van der Waals surface area (Å²) in [5.41, 5.74) is 7.24. The van der Waals surface area contributed by atoms with Crippen molar-refractivity contribution in [3.63, 3.8) is 0 Å². The van der Waals surface area contributed by atoms with Crippen LogP contribution in [0.25, 0.3) is 45.1 Å². The van der Waals surface area contributed by atoms with E-state index in [1.165, 1.54) is 0 Å².